The Bertz CT molecular complexity index is 337. The third kappa shape index (κ3) is 3.97. The molecule has 0 amide bonds. The topological polar surface area (TPSA) is 26.0 Å². The van der Waals surface area contributed by atoms with Gasteiger partial charge in [-0.3, -0.25) is 0 Å². The molecule has 0 radical (unpaired) electrons. The summed E-state index contributed by atoms with van der Waals surface area (Å²) in [4.78, 5) is 0. The van der Waals surface area contributed by atoms with Crippen molar-refractivity contribution in [3.05, 3.63) is 33.8 Å². The Balaban J connectivity index is 2.77. The van der Waals surface area contributed by atoms with Crippen LogP contribution in [0.2, 0.25) is 10.0 Å². The van der Waals surface area contributed by atoms with Gasteiger partial charge in [0.15, 0.2) is 0 Å². The lowest BCUT2D eigenvalue weighted by molar-refractivity contribution is 0.362. The van der Waals surface area contributed by atoms with Crippen molar-refractivity contribution >= 4 is 23.2 Å². The standard InChI is InChI=1S/C13H19Cl2N/c1-9(2)10(5-6-16)7-11-3-4-12(14)8-13(11)15/h3-4,8-10H,5-7,16H2,1-2H3. The molecule has 0 heterocycles. The highest BCUT2D eigenvalue weighted by molar-refractivity contribution is 6.35. The second-order valence-corrected chi connectivity index (χ2v) is 5.36. The minimum Gasteiger partial charge on any atom is -0.330 e. The molecular formula is C13H19Cl2N. The summed E-state index contributed by atoms with van der Waals surface area (Å²) < 4.78 is 0. The van der Waals surface area contributed by atoms with Gasteiger partial charge in [-0.25, -0.2) is 0 Å². The Labute approximate surface area is 108 Å². The Morgan fingerprint density at radius 3 is 2.44 bits per heavy atom. The molecule has 90 valence electrons. The molecular weight excluding hydrogens is 241 g/mol. The molecule has 16 heavy (non-hydrogen) atoms. The van der Waals surface area contributed by atoms with Crippen LogP contribution in [0.15, 0.2) is 18.2 Å². The average Bonchev–Trinajstić information content (AvgIpc) is 2.20. The quantitative estimate of drug-likeness (QED) is 0.845. The molecule has 0 spiro atoms. The van der Waals surface area contributed by atoms with Crippen molar-refractivity contribution in [3.63, 3.8) is 0 Å². The lowest BCUT2D eigenvalue weighted by Crippen LogP contribution is -2.16. The molecule has 1 aromatic rings. The number of halogens is 2. The fourth-order valence-corrected chi connectivity index (χ4v) is 2.34. The van der Waals surface area contributed by atoms with Crippen molar-refractivity contribution in [1.82, 2.24) is 0 Å². The van der Waals surface area contributed by atoms with Gasteiger partial charge in [0.25, 0.3) is 0 Å². The smallest absolute Gasteiger partial charge is 0.0452 e. The first kappa shape index (κ1) is 13.8. The Hall–Kier alpha value is -0.240. The van der Waals surface area contributed by atoms with Crippen LogP contribution in [0.4, 0.5) is 0 Å². The second-order valence-electron chi connectivity index (χ2n) is 4.52. The predicted molar refractivity (Wildman–Crippen MR) is 72.2 cm³/mol. The number of rotatable bonds is 5. The molecule has 0 fully saturated rings. The summed E-state index contributed by atoms with van der Waals surface area (Å²) in [5, 5.41) is 1.45. The zero-order valence-corrected chi connectivity index (χ0v) is 11.4. The first-order valence-electron chi connectivity index (χ1n) is 5.68. The van der Waals surface area contributed by atoms with Gasteiger partial charge >= 0.3 is 0 Å². The summed E-state index contributed by atoms with van der Waals surface area (Å²) in [6.07, 6.45) is 2.02. The van der Waals surface area contributed by atoms with Gasteiger partial charge in [0, 0.05) is 10.0 Å². The molecule has 1 atom stereocenters. The minimum atomic E-state index is 0.587. The molecule has 0 bridgehead atoms. The van der Waals surface area contributed by atoms with E-state index in [1.54, 1.807) is 6.07 Å². The Kier molecular flexibility index (Phi) is 5.60. The van der Waals surface area contributed by atoms with Crippen LogP contribution in [0.3, 0.4) is 0 Å². The summed E-state index contributed by atoms with van der Waals surface area (Å²) >= 11 is 12.0. The van der Waals surface area contributed by atoms with Crippen LogP contribution in [0.25, 0.3) is 0 Å². The Morgan fingerprint density at radius 2 is 1.94 bits per heavy atom. The van der Waals surface area contributed by atoms with Crippen molar-refractivity contribution < 1.29 is 0 Å². The fraction of sp³-hybridized carbons (Fsp3) is 0.538. The molecule has 0 aromatic heterocycles. The molecule has 1 nitrogen and oxygen atoms in total. The zero-order valence-electron chi connectivity index (χ0n) is 9.84. The molecule has 1 aromatic carbocycles. The van der Waals surface area contributed by atoms with E-state index in [1.807, 2.05) is 12.1 Å². The van der Waals surface area contributed by atoms with E-state index in [-0.39, 0.29) is 0 Å². The molecule has 0 saturated carbocycles. The highest BCUT2D eigenvalue weighted by Crippen LogP contribution is 2.27. The van der Waals surface area contributed by atoms with Crippen LogP contribution in [0.5, 0.6) is 0 Å². The van der Waals surface area contributed by atoms with Crippen LogP contribution in [0.1, 0.15) is 25.8 Å². The van der Waals surface area contributed by atoms with Crippen LogP contribution in [-0.2, 0) is 6.42 Å². The fourth-order valence-electron chi connectivity index (χ4n) is 1.85. The summed E-state index contributed by atoms with van der Waals surface area (Å²) in [6, 6.07) is 5.71. The monoisotopic (exact) mass is 259 g/mol. The Morgan fingerprint density at radius 1 is 1.25 bits per heavy atom. The third-order valence-electron chi connectivity index (χ3n) is 2.98. The van der Waals surface area contributed by atoms with Crippen molar-refractivity contribution in [2.24, 2.45) is 17.6 Å². The van der Waals surface area contributed by atoms with Crippen molar-refractivity contribution in [2.45, 2.75) is 26.7 Å². The van der Waals surface area contributed by atoms with E-state index in [0.29, 0.717) is 16.9 Å². The van der Waals surface area contributed by atoms with Gasteiger partial charge < -0.3 is 5.73 Å². The van der Waals surface area contributed by atoms with E-state index in [2.05, 4.69) is 13.8 Å². The van der Waals surface area contributed by atoms with Crippen LogP contribution < -0.4 is 5.73 Å². The van der Waals surface area contributed by atoms with E-state index < -0.39 is 0 Å². The van der Waals surface area contributed by atoms with Crippen molar-refractivity contribution in [1.29, 1.82) is 0 Å². The maximum absolute atomic E-state index is 6.16. The lowest BCUT2D eigenvalue weighted by Gasteiger charge is -2.20. The minimum absolute atomic E-state index is 0.587. The van der Waals surface area contributed by atoms with Gasteiger partial charge in [0.2, 0.25) is 0 Å². The van der Waals surface area contributed by atoms with E-state index in [0.717, 1.165) is 24.4 Å². The van der Waals surface area contributed by atoms with Crippen LogP contribution in [0, 0.1) is 11.8 Å². The molecule has 0 aliphatic heterocycles. The SMILES string of the molecule is CC(C)C(CCN)Cc1ccc(Cl)cc1Cl. The largest absolute Gasteiger partial charge is 0.330 e. The number of hydrogen-bond donors (Lipinski definition) is 1. The van der Waals surface area contributed by atoms with Gasteiger partial charge in [-0.2, -0.15) is 0 Å². The zero-order chi connectivity index (χ0) is 12.1. The summed E-state index contributed by atoms with van der Waals surface area (Å²) in [7, 11) is 0. The second kappa shape index (κ2) is 6.48. The number of nitrogens with two attached hydrogens (primary N) is 1. The molecule has 0 aliphatic carbocycles. The van der Waals surface area contributed by atoms with Gasteiger partial charge in [0.1, 0.15) is 0 Å². The van der Waals surface area contributed by atoms with Gasteiger partial charge in [-0.1, -0.05) is 43.1 Å². The van der Waals surface area contributed by atoms with Gasteiger partial charge in [-0.05, 0) is 48.9 Å². The summed E-state index contributed by atoms with van der Waals surface area (Å²) in [5.41, 5.74) is 6.79. The molecule has 1 unspecified atom stereocenters. The lowest BCUT2D eigenvalue weighted by atomic mass is 9.86. The van der Waals surface area contributed by atoms with Crippen molar-refractivity contribution in [2.75, 3.05) is 6.54 Å². The molecule has 0 aliphatic rings. The van der Waals surface area contributed by atoms with E-state index in [1.165, 1.54) is 5.56 Å². The van der Waals surface area contributed by atoms with E-state index in [4.69, 9.17) is 28.9 Å². The molecule has 3 heteroatoms. The van der Waals surface area contributed by atoms with Gasteiger partial charge in [0.05, 0.1) is 0 Å². The molecule has 0 saturated heterocycles. The maximum Gasteiger partial charge on any atom is 0.0452 e. The van der Waals surface area contributed by atoms with Crippen molar-refractivity contribution in [3.8, 4) is 0 Å². The normalized spacial score (nSPS) is 13.1. The summed E-state index contributed by atoms with van der Waals surface area (Å²) in [5.74, 6) is 1.21. The number of benzene rings is 1. The molecule has 2 N–H and O–H groups in total. The highest BCUT2D eigenvalue weighted by atomic mass is 35.5. The van der Waals surface area contributed by atoms with E-state index >= 15 is 0 Å². The van der Waals surface area contributed by atoms with Crippen LogP contribution in [-0.4, -0.2) is 6.54 Å². The summed E-state index contributed by atoms with van der Waals surface area (Å²) in [6.45, 7) is 5.18. The molecule has 1 rings (SSSR count). The van der Waals surface area contributed by atoms with E-state index in [9.17, 15) is 0 Å². The van der Waals surface area contributed by atoms with Crippen LogP contribution >= 0.6 is 23.2 Å². The first-order valence-corrected chi connectivity index (χ1v) is 6.44. The average molecular weight is 260 g/mol. The maximum atomic E-state index is 6.16. The van der Waals surface area contributed by atoms with Gasteiger partial charge in [-0.15, -0.1) is 0 Å². The first-order chi connectivity index (χ1) is 7.54. The third-order valence-corrected chi connectivity index (χ3v) is 3.56. The number of hydrogen-bond acceptors (Lipinski definition) is 1. The predicted octanol–water partition coefficient (Wildman–Crippen LogP) is 4.16. The highest BCUT2D eigenvalue weighted by Gasteiger charge is 2.14.